The van der Waals surface area contributed by atoms with Crippen molar-refractivity contribution < 1.29 is 13.2 Å². The fourth-order valence-corrected chi connectivity index (χ4v) is 2.85. The van der Waals surface area contributed by atoms with Gasteiger partial charge in [-0.05, 0) is 30.9 Å². The molecule has 1 aromatic heterocycles. The van der Waals surface area contributed by atoms with Crippen LogP contribution in [0.25, 0.3) is 0 Å². The Hall–Kier alpha value is -1.18. The Morgan fingerprint density at radius 3 is 2.57 bits per heavy atom. The Kier molecular flexibility index (Phi) is 6.57. The van der Waals surface area contributed by atoms with Gasteiger partial charge in [0, 0.05) is 33.0 Å². The van der Waals surface area contributed by atoms with Crippen LogP contribution in [0, 0.1) is 5.41 Å². The fourth-order valence-electron chi connectivity index (χ4n) is 1.67. The lowest BCUT2D eigenvalue weighted by molar-refractivity contribution is 0.153. The predicted molar refractivity (Wildman–Crippen MR) is 83.9 cm³/mol. The number of rotatable bonds is 9. The molecule has 21 heavy (non-hydrogen) atoms. The minimum Gasteiger partial charge on any atom is -0.385 e. The van der Waals surface area contributed by atoms with E-state index in [1.54, 1.807) is 19.2 Å². The van der Waals surface area contributed by atoms with Gasteiger partial charge in [-0.3, -0.25) is 0 Å². The molecular weight excluding hydrogens is 290 g/mol. The van der Waals surface area contributed by atoms with Crippen molar-refractivity contribution in [2.45, 2.75) is 32.1 Å². The van der Waals surface area contributed by atoms with E-state index in [4.69, 9.17) is 4.74 Å². The second-order valence-electron chi connectivity index (χ2n) is 5.64. The summed E-state index contributed by atoms with van der Waals surface area (Å²) in [4.78, 5) is 4.25. The third kappa shape index (κ3) is 5.99. The smallest absolute Gasteiger partial charge is 0.242 e. The third-order valence-corrected chi connectivity index (χ3v) is 4.51. The SMILES string of the molecule is CCNc1ccc(S(=O)(=O)NCC(C)(C)CCOC)cn1. The van der Waals surface area contributed by atoms with Crippen molar-refractivity contribution >= 4 is 15.8 Å². The highest BCUT2D eigenvalue weighted by molar-refractivity contribution is 7.89. The summed E-state index contributed by atoms with van der Waals surface area (Å²) >= 11 is 0. The molecule has 1 rings (SSSR count). The van der Waals surface area contributed by atoms with Gasteiger partial charge in [-0.1, -0.05) is 13.8 Å². The normalized spacial score (nSPS) is 12.4. The van der Waals surface area contributed by atoms with E-state index in [0.717, 1.165) is 13.0 Å². The van der Waals surface area contributed by atoms with Crippen molar-refractivity contribution in [3.05, 3.63) is 18.3 Å². The average molecular weight is 315 g/mol. The molecule has 0 saturated carbocycles. The highest BCUT2D eigenvalue weighted by Gasteiger charge is 2.22. The van der Waals surface area contributed by atoms with E-state index in [0.29, 0.717) is 19.0 Å². The maximum atomic E-state index is 12.2. The first-order chi connectivity index (χ1) is 9.80. The summed E-state index contributed by atoms with van der Waals surface area (Å²) in [5.41, 5.74) is -0.166. The van der Waals surface area contributed by atoms with Crippen LogP contribution in [0.3, 0.4) is 0 Å². The molecule has 0 saturated heterocycles. The van der Waals surface area contributed by atoms with Crippen LogP contribution in [0.1, 0.15) is 27.2 Å². The first kappa shape index (κ1) is 17.9. The molecule has 0 fully saturated rings. The zero-order valence-corrected chi connectivity index (χ0v) is 14.0. The van der Waals surface area contributed by atoms with Crippen molar-refractivity contribution in [2.24, 2.45) is 5.41 Å². The Labute approximate surface area is 127 Å². The Balaban J connectivity index is 2.68. The van der Waals surface area contributed by atoms with Gasteiger partial charge < -0.3 is 10.1 Å². The first-order valence-electron chi connectivity index (χ1n) is 6.99. The Morgan fingerprint density at radius 1 is 1.33 bits per heavy atom. The standard InChI is InChI=1S/C14H25N3O3S/c1-5-15-13-7-6-12(10-16-13)21(18,19)17-11-14(2,3)8-9-20-4/h6-7,10,17H,5,8-9,11H2,1-4H3,(H,15,16). The van der Waals surface area contributed by atoms with E-state index in [1.165, 1.54) is 6.20 Å². The Morgan fingerprint density at radius 2 is 2.05 bits per heavy atom. The van der Waals surface area contributed by atoms with Gasteiger partial charge in [0.25, 0.3) is 0 Å². The van der Waals surface area contributed by atoms with Gasteiger partial charge in [0.15, 0.2) is 0 Å². The predicted octanol–water partition coefficient (Wildman–Crippen LogP) is 1.85. The number of ether oxygens (including phenoxy) is 1. The van der Waals surface area contributed by atoms with Gasteiger partial charge in [0.2, 0.25) is 10.0 Å². The zero-order valence-electron chi connectivity index (χ0n) is 13.1. The van der Waals surface area contributed by atoms with Crippen molar-refractivity contribution in [3.8, 4) is 0 Å². The molecule has 0 aliphatic carbocycles. The van der Waals surface area contributed by atoms with Gasteiger partial charge in [0.1, 0.15) is 10.7 Å². The van der Waals surface area contributed by atoms with Crippen LogP contribution in [0.15, 0.2) is 23.2 Å². The van der Waals surface area contributed by atoms with Crippen LogP contribution in [-0.2, 0) is 14.8 Å². The summed E-state index contributed by atoms with van der Waals surface area (Å²) in [6, 6.07) is 3.21. The maximum Gasteiger partial charge on any atom is 0.242 e. The number of sulfonamides is 1. The van der Waals surface area contributed by atoms with Gasteiger partial charge in [-0.15, -0.1) is 0 Å². The van der Waals surface area contributed by atoms with E-state index >= 15 is 0 Å². The lowest BCUT2D eigenvalue weighted by Crippen LogP contribution is -2.34. The second-order valence-corrected chi connectivity index (χ2v) is 7.41. The minimum atomic E-state index is -3.53. The van der Waals surface area contributed by atoms with Crippen molar-refractivity contribution in [1.82, 2.24) is 9.71 Å². The largest absolute Gasteiger partial charge is 0.385 e. The number of methoxy groups -OCH3 is 1. The monoisotopic (exact) mass is 315 g/mol. The maximum absolute atomic E-state index is 12.2. The highest BCUT2D eigenvalue weighted by atomic mass is 32.2. The fraction of sp³-hybridized carbons (Fsp3) is 0.643. The number of hydrogen-bond donors (Lipinski definition) is 2. The van der Waals surface area contributed by atoms with Crippen LogP contribution in [-0.4, -0.2) is 40.2 Å². The number of nitrogens with zero attached hydrogens (tertiary/aromatic N) is 1. The molecule has 0 unspecified atom stereocenters. The molecule has 0 bridgehead atoms. The van der Waals surface area contributed by atoms with E-state index in [2.05, 4.69) is 15.0 Å². The minimum absolute atomic E-state index is 0.166. The van der Waals surface area contributed by atoms with Crippen LogP contribution >= 0.6 is 0 Å². The van der Waals surface area contributed by atoms with Crippen molar-refractivity contribution in [1.29, 1.82) is 0 Å². The van der Waals surface area contributed by atoms with Crippen LogP contribution < -0.4 is 10.0 Å². The van der Waals surface area contributed by atoms with E-state index in [-0.39, 0.29) is 10.3 Å². The van der Waals surface area contributed by atoms with E-state index in [9.17, 15) is 8.42 Å². The highest BCUT2D eigenvalue weighted by Crippen LogP contribution is 2.20. The summed E-state index contributed by atoms with van der Waals surface area (Å²) in [6.45, 7) is 7.66. The summed E-state index contributed by atoms with van der Waals surface area (Å²) < 4.78 is 32.1. The molecule has 0 spiro atoms. The molecule has 6 nitrogen and oxygen atoms in total. The molecule has 0 atom stereocenters. The molecule has 2 N–H and O–H groups in total. The lowest BCUT2D eigenvalue weighted by Gasteiger charge is -2.24. The summed E-state index contributed by atoms with van der Waals surface area (Å²) in [6.07, 6.45) is 2.14. The van der Waals surface area contributed by atoms with Crippen LogP contribution in [0.4, 0.5) is 5.82 Å². The van der Waals surface area contributed by atoms with E-state index in [1.807, 2.05) is 20.8 Å². The van der Waals surface area contributed by atoms with Crippen LogP contribution in [0.2, 0.25) is 0 Å². The molecule has 0 aliphatic heterocycles. The molecular formula is C14H25N3O3S. The van der Waals surface area contributed by atoms with E-state index < -0.39 is 10.0 Å². The Bertz CT molecular complexity index is 527. The number of nitrogens with one attached hydrogen (secondary N) is 2. The molecule has 0 amide bonds. The van der Waals surface area contributed by atoms with Gasteiger partial charge in [-0.25, -0.2) is 18.1 Å². The first-order valence-corrected chi connectivity index (χ1v) is 8.47. The van der Waals surface area contributed by atoms with Crippen molar-refractivity contribution in [2.75, 3.05) is 32.1 Å². The third-order valence-electron chi connectivity index (χ3n) is 3.13. The summed E-state index contributed by atoms with van der Waals surface area (Å²) in [5.74, 6) is 0.664. The number of hydrogen-bond acceptors (Lipinski definition) is 5. The molecule has 1 heterocycles. The van der Waals surface area contributed by atoms with Crippen LogP contribution in [0.5, 0.6) is 0 Å². The molecule has 1 aromatic rings. The van der Waals surface area contributed by atoms with Crippen molar-refractivity contribution in [3.63, 3.8) is 0 Å². The zero-order chi connectivity index (χ0) is 15.9. The number of pyridine rings is 1. The number of anilines is 1. The molecule has 0 aromatic carbocycles. The quantitative estimate of drug-likeness (QED) is 0.727. The average Bonchev–Trinajstić information content (AvgIpc) is 2.44. The lowest BCUT2D eigenvalue weighted by atomic mass is 9.90. The number of aromatic nitrogens is 1. The second kappa shape index (κ2) is 7.72. The molecule has 120 valence electrons. The summed E-state index contributed by atoms with van der Waals surface area (Å²) in [7, 11) is -1.89. The molecule has 7 heteroatoms. The van der Waals surface area contributed by atoms with Gasteiger partial charge >= 0.3 is 0 Å². The molecule has 0 aliphatic rings. The van der Waals surface area contributed by atoms with Gasteiger partial charge in [-0.2, -0.15) is 0 Å². The summed E-state index contributed by atoms with van der Waals surface area (Å²) in [5, 5.41) is 3.03. The van der Waals surface area contributed by atoms with Gasteiger partial charge in [0.05, 0.1) is 0 Å². The topological polar surface area (TPSA) is 80.3 Å². The molecule has 0 radical (unpaired) electrons.